The summed E-state index contributed by atoms with van der Waals surface area (Å²) in [5, 5.41) is 9.39. The van der Waals surface area contributed by atoms with Crippen LogP contribution in [0.4, 0.5) is 0 Å². The van der Waals surface area contributed by atoms with Crippen molar-refractivity contribution in [2.45, 2.75) is 13.3 Å². The summed E-state index contributed by atoms with van der Waals surface area (Å²) in [4.78, 5) is 11.6. The molecule has 2 aromatic carbocycles. The highest BCUT2D eigenvalue weighted by Gasteiger charge is 2.11. The van der Waals surface area contributed by atoms with Crippen molar-refractivity contribution < 1.29 is 19.0 Å². The van der Waals surface area contributed by atoms with E-state index in [4.69, 9.17) is 31.1 Å². The van der Waals surface area contributed by atoms with E-state index in [1.165, 1.54) is 7.11 Å². The molecular weight excluding hydrogens is 330 g/mol. The lowest BCUT2D eigenvalue weighted by atomic mass is 10.1. The van der Waals surface area contributed by atoms with Gasteiger partial charge in [-0.2, -0.15) is 5.26 Å². The SMILES string of the molecule is CCOC(=O)Cc1ccc(Oc2cc(Cl)cc(C#N)c2)c(OC)c1. The summed E-state index contributed by atoms with van der Waals surface area (Å²) in [7, 11) is 1.51. The Morgan fingerprint density at radius 2 is 2.00 bits per heavy atom. The maximum absolute atomic E-state index is 11.6. The Morgan fingerprint density at radius 3 is 2.67 bits per heavy atom. The van der Waals surface area contributed by atoms with Crippen molar-refractivity contribution in [2.75, 3.05) is 13.7 Å². The molecule has 24 heavy (non-hydrogen) atoms. The number of esters is 1. The molecule has 0 unspecified atom stereocenters. The predicted molar refractivity (Wildman–Crippen MR) is 89.6 cm³/mol. The molecule has 0 fully saturated rings. The fraction of sp³-hybridized carbons (Fsp3) is 0.222. The molecule has 0 saturated heterocycles. The number of hydrogen-bond acceptors (Lipinski definition) is 5. The van der Waals surface area contributed by atoms with Gasteiger partial charge in [0.15, 0.2) is 11.5 Å². The number of ether oxygens (including phenoxy) is 3. The Balaban J connectivity index is 2.23. The number of hydrogen-bond donors (Lipinski definition) is 0. The van der Waals surface area contributed by atoms with E-state index in [9.17, 15) is 4.79 Å². The number of carbonyl (C=O) groups is 1. The van der Waals surface area contributed by atoms with Gasteiger partial charge in [0, 0.05) is 5.02 Å². The van der Waals surface area contributed by atoms with Crippen LogP contribution in [0.5, 0.6) is 17.2 Å². The van der Waals surface area contributed by atoms with Crippen LogP contribution in [0.15, 0.2) is 36.4 Å². The summed E-state index contributed by atoms with van der Waals surface area (Å²) in [6.45, 7) is 2.10. The number of benzene rings is 2. The molecule has 5 nitrogen and oxygen atoms in total. The van der Waals surface area contributed by atoms with Gasteiger partial charge in [0.05, 0.1) is 31.8 Å². The van der Waals surface area contributed by atoms with Crippen LogP contribution in [0.1, 0.15) is 18.1 Å². The monoisotopic (exact) mass is 345 g/mol. The average molecular weight is 346 g/mol. The zero-order chi connectivity index (χ0) is 17.5. The van der Waals surface area contributed by atoms with E-state index in [0.29, 0.717) is 34.4 Å². The molecule has 2 aromatic rings. The molecule has 0 bridgehead atoms. The molecule has 0 N–H and O–H groups in total. The van der Waals surface area contributed by atoms with Gasteiger partial charge in [0.1, 0.15) is 5.75 Å². The van der Waals surface area contributed by atoms with E-state index >= 15 is 0 Å². The Kier molecular flexibility index (Phi) is 6.05. The predicted octanol–water partition coefficient (Wildman–Crippen LogP) is 4.12. The average Bonchev–Trinajstić information content (AvgIpc) is 2.55. The molecule has 124 valence electrons. The number of nitrogens with zero attached hydrogens (tertiary/aromatic N) is 1. The second-order valence-electron chi connectivity index (χ2n) is 4.86. The number of nitriles is 1. The van der Waals surface area contributed by atoms with E-state index in [1.807, 2.05) is 6.07 Å². The first-order valence-corrected chi connectivity index (χ1v) is 7.64. The van der Waals surface area contributed by atoms with Crippen molar-refractivity contribution >= 4 is 17.6 Å². The van der Waals surface area contributed by atoms with Crippen LogP contribution in [0, 0.1) is 11.3 Å². The van der Waals surface area contributed by atoms with Gasteiger partial charge in [0.25, 0.3) is 0 Å². The fourth-order valence-electron chi connectivity index (χ4n) is 2.10. The number of carbonyl (C=O) groups excluding carboxylic acids is 1. The Labute approximate surface area is 145 Å². The molecule has 0 aromatic heterocycles. The minimum absolute atomic E-state index is 0.153. The molecule has 0 saturated carbocycles. The van der Waals surface area contributed by atoms with Gasteiger partial charge >= 0.3 is 5.97 Å². The highest BCUT2D eigenvalue weighted by Crippen LogP contribution is 2.34. The van der Waals surface area contributed by atoms with Crippen molar-refractivity contribution in [1.82, 2.24) is 0 Å². The van der Waals surface area contributed by atoms with Crippen LogP contribution < -0.4 is 9.47 Å². The molecule has 2 rings (SSSR count). The van der Waals surface area contributed by atoms with Crippen molar-refractivity contribution in [3.05, 3.63) is 52.5 Å². The summed E-state index contributed by atoms with van der Waals surface area (Å²) in [6, 6.07) is 11.9. The Bertz CT molecular complexity index is 783. The maximum atomic E-state index is 11.6. The molecule has 0 atom stereocenters. The van der Waals surface area contributed by atoms with Gasteiger partial charge in [-0.15, -0.1) is 0 Å². The third-order valence-corrected chi connectivity index (χ3v) is 3.33. The molecule has 0 radical (unpaired) electrons. The van der Waals surface area contributed by atoms with Crippen molar-refractivity contribution in [3.63, 3.8) is 0 Å². The normalized spacial score (nSPS) is 9.92. The molecule has 6 heteroatoms. The first-order chi connectivity index (χ1) is 11.5. The molecule has 0 heterocycles. The van der Waals surface area contributed by atoms with Gasteiger partial charge in [-0.3, -0.25) is 4.79 Å². The summed E-state index contributed by atoms with van der Waals surface area (Å²) in [6.07, 6.45) is 0.153. The number of methoxy groups -OCH3 is 1. The molecule has 0 spiro atoms. The first-order valence-electron chi connectivity index (χ1n) is 7.26. The second kappa shape index (κ2) is 8.23. The quantitative estimate of drug-likeness (QED) is 0.737. The summed E-state index contributed by atoms with van der Waals surface area (Å²) in [5.41, 5.74) is 1.15. The second-order valence-corrected chi connectivity index (χ2v) is 5.29. The lowest BCUT2D eigenvalue weighted by Gasteiger charge is -2.12. The molecule has 0 aliphatic carbocycles. The van der Waals surface area contributed by atoms with Crippen LogP contribution in [0.2, 0.25) is 5.02 Å². The molecular formula is C18H16ClNO4. The third-order valence-electron chi connectivity index (χ3n) is 3.11. The lowest BCUT2D eigenvalue weighted by molar-refractivity contribution is -0.142. The van der Waals surface area contributed by atoms with Gasteiger partial charge in [-0.05, 0) is 42.8 Å². The Hall–Kier alpha value is -2.71. The summed E-state index contributed by atoms with van der Waals surface area (Å²) < 4.78 is 16.0. The highest BCUT2D eigenvalue weighted by molar-refractivity contribution is 6.30. The number of halogens is 1. The highest BCUT2D eigenvalue weighted by atomic mass is 35.5. The Morgan fingerprint density at radius 1 is 1.21 bits per heavy atom. The third kappa shape index (κ3) is 4.64. The van der Waals surface area contributed by atoms with Crippen molar-refractivity contribution in [1.29, 1.82) is 5.26 Å². The van der Waals surface area contributed by atoms with Gasteiger partial charge < -0.3 is 14.2 Å². The minimum atomic E-state index is -0.304. The zero-order valence-electron chi connectivity index (χ0n) is 13.3. The number of rotatable bonds is 6. The largest absolute Gasteiger partial charge is 0.493 e. The molecule has 0 aliphatic heterocycles. The maximum Gasteiger partial charge on any atom is 0.310 e. The van der Waals surface area contributed by atoms with E-state index in [0.717, 1.165) is 5.56 Å². The van der Waals surface area contributed by atoms with Crippen molar-refractivity contribution in [3.8, 4) is 23.3 Å². The standard InChI is InChI=1S/C18H16ClNO4/c1-3-23-18(21)9-12-4-5-16(17(8-12)22-2)24-15-7-13(11-20)6-14(19)10-15/h4-8,10H,3,9H2,1-2H3. The molecule has 0 amide bonds. The van der Waals surface area contributed by atoms with E-state index in [-0.39, 0.29) is 12.4 Å². The van der Waals surface area contributed by atoms with Crippen LogP contribution in [0.25, 0.3) is 0 Å². The summed E-state index contributed by atoms with van der Waals surface area (Å²) >= 11 is 5.97. The van der Waals surface area contributed by atoms with Gasteiger partial charge in [-0.1, -0.05) is 17.7 Å². The smallest absolute Gasteiger partial charge is 0.310 e. The first kappa shape index (κ1) is 17.6. The summed E-state index contributed by atoms with van der Waals surface area (Å²) in [5.74, 6) is 1.05. The van der Waals surface area contributed by atoms with Crippen molar-refractivity contribution in [2.24, 2.45) is 0 Å². The van der Waals surface area contributed by atoms with E-state index in [1.54, 1.807) is 43.3 Å². The lowest BCUT2D eigenvalue weighted by Crippen LogP contribution is -2.07. The minimum Gasteiger partial charge on any atom is -0.493 e. The van der Waals surface area contributed by atoms with E-state index in [2.05, 4.69) is 0 Å². The topological polar surface area (TPSA) is 68.5 Å². The van der Waals surface area contributed by atoms with E-state index < -0.39 is 0 Å². The van der Waals surface area contributed by atoms with Crippen LogP contribution in [0.3, 0.4) is 0 Å². The van der Waals surface area contributed by atoms with Crippen LogP contribution in [-0.2, 0) is 16.0 Å². The zero-order valence-corrected chi connectivity index (χ0v) is 14.1. The van der Waals surface area contributed by atoms with Gasteiger partial charge in [-0.25, -0.2) is 0 Å². The fourth-order valence-corrected chi connectivity index (χ4v) is 2.32. The van der Waals surface area contributed by atoms with Crippen LogP contribution in [-0.4, -0.2) is 19.7 Å². The molecule has 0 aliphatic rings. The van der Waals surface area contributed by atoms with Gasteiger partial charge in [0.2, 0.25) is 0 Å². The van der Waals surface area contributed by atoms with Crippen LogP contribution >= 0.6 is 11.6 Å².